The van der Waals surface area contributed by atoms with E-state index in [0.29, 0.717) is 5.38 Å². The van der Waals surface area contributed by atoms with Crippen molar-refractivity contribution in [1.82, 2.24) is 4.90 Å². The van der Waals surface area contributed by atoms with Gasteiger partial charge in [0.2, 0.25) is 0 Å². The number of hydrogen-bond donors (Lipinski definition) is 0. The Morgan fingerprint density at radius 1 is 1.33 bits per heavy atom. The molecule has 1 unspecified atom stereocenters. The van der Waals surface area contributed by atoms with Crippen molar-refractivity contribution < 1.29 is 0 Å². The lowest BCUT2D eigenvalue weighted by Crippen LogP contribution is -2.20. The van der Waals surface area contributed by atoms with Crippen LogP contribution in [0.3, 0.4) is 0 Å². The molecule has 2 heteroatoms. The normalized spacial score (nSPS) is 22.2. The Balaban J connectivity index is 2.02. The van der Waals surface area contributed by atoms with Gasteiger partial charge in [0.25, 0.3) is 0 Å². The third-order valence-corrected chi connectivity index (χ3v) is 3.55. The van der Waals surface area contributed by atoms with Crippen molar-refractivity contribution in [2.24, 2.45) is 0 Å². The molecule has 1 heterocycles. The second-order valence-electron chi connectivity index (χ2n) is 4.54. The molecule has 0 aliphatic carbocycles. The number of alkyl halides is 1. The maximum Gasteiger partial charge on any atom is 0.0475 e. The third kappa shape index (κ3) is 2.73. The lowest BCUT2D eigenvalue weighted by molar-refractivity contribution is 0.332. The van der Waals surface area contributed by atoms with Gasteiger partial charge in [0.15, 0.2) is 0 Å². The fraction of sp³-hybridized carbons (Fsp3) is 0.538. The fourth-order valence-electron chi connectivity index (χ4n) is 2.09. The van der Waals surface area contributed by atoms with Crippen LogP contribution >= 0.6 is 11.6 Å². The monoisotopic (exact) mass is 223 g/mol. The minimum absolute atomic E-state index is 0.358. The first-order valence-electron chi connectivity index (χ1n) is 5.57. The fourth-order valence-corrected chi connectivity index (χ4v) is 2.38. The van der Waals surface area contributed by atoms with Crippen LogP contribution in [-0.2, 0) is 6.54 Å². The molecular weight excluding hydrogens is 206 g/mol. The summed E-state index contributed by atoms with van der Waals surface area (Å²) in [7, 11) is 0. The molecule has 0 aromatic heterocycles. The molecule has 15 heavy (non-hydrogen) atoms. The second kappa shape index (κ2) is 4.54. The van der Waals surface area contributed by atoms with E-state index >= 15 is 0 Å². The van der Waals surface area contributed by atoms with Crippen LogP contribution in [0.4, 0.5) is 0 Å². The zero-order valence-electron chi connectivity index (χ0n) is 9.46. The van der Waals surface area contributed by atoms with Gasteiger partial charge < -0.3 is 0 Å². The number of benzene rings is 1. The van der Waals surface area contributed by atoms with E-state index in [0.717, 1.165) is 26.1 Å². The first-order valence-corrected chi connectivity index (χ1v) is 6.01. The predicted octanol–water partition coefficient (Wildman–Crippen LogP) is 3.12. The van der Waals surface area contributed by atoms with Crippen LogP contribution in [0, 0.1) is 13.8 Å². The van der Waals surface area contributed by atoms with Gasteiger partial charge in [-0.25, -0.2) is 0 Å². The molecule has 1 aliphatic heterocycles. The van der Waals surface area contributed by atoms with Gasteiger partial charge in [-0.3, -0.25) is 4.90 Å². The Morgan fingerprint density at radius 2 is 2.13 bits per heavy atom. The Hall–Kier alpha value is -0.530. The quantitative estimate of drug-likeness (QED) is 0.697. The molecule has 1 aromatic carbocycles. The van der Waals surface area contributed by atoms with Gasteiger partial charge in [0.05, 0.1) is 0 Å². The summed E-state index contributed by atoms with van der Waals surface area (Å²) in [5.41, 5.74) is 4.16. The predicted molar refractivity (Wildman–Crippen MR) is 65.5 cm³/mol. The Kier molecular flexibility index (Phi) is 3.32. The minimum Gasteiger partial charge on any atom is -0.298 e. The van der Waals surface area contributed by atoms with E-state index in [-0.39, 0.29) is 0 Å². The zero-order valence-corrected chi connectivity index (χ0v) is 10.2. The standard InChI is InChI=1S/C13H18ClN/c1-10-3-4-12(7-11(10)2)8-15-6-5-13(14)9-15/h3-4,7,13H,5-6,8-9H2,1-2H3. The van der Waals surface area contributed by atoms with Gasteiger partial charge in [-0.2, -0.15) is 0 Å². The van der Waals surface area contributed by atoms with Gasteiger partial charge in [0.1, 0.15) is 0 Å². The summed E-state index contributed by atoms with van der Waals surface area (Å²) in [6, 6.07) is 6.72. The van der Waals surface area contributed by atoms with Crippen molar-refractivity contribution >= 4 is 11.6 Å². The first-order chi connectivity index (χ1) is 7.15. The summed E-state index contributed by atoms with van der Waals surface area (Å²) in [6.45, 7) is 7.55. The van der Waals surface area contributed by atoms with Gasteiger partial charge in [0, 0.05) is 18.5 Å². The van der Waals surface area contributed by atoms with Crippen LogP contribution in [0.25, 0.3) is 0 Å². The van der Waals surface area contributed by atoms with Crippen LogP contribution in [0.1, 0.15) is 23.1 Å². The molecule has 1 fully saturated rings. The molecule has 0 N–H and O–H groups in total. The molecular formula is C13H18ClN. The lowest BCUT2D eigenvalue weighted by Gasteiger charge is -2.15. The molecule has 0 amide bonds. The number of nitrogens with zero attached hydrogens (tertiary/aromatic N) is 1. The summed E-state index contributed by atoms with van der Waals surface area (Å²) in [6.07, 6.45) is 1.13. The summed E-state index contributed by atoms with van der Waals surface area (Å²) >= 11 is 6.09. The number of rotatable bonds is 2. The highest BCUT2D eigenvalue weighted by Gasteiger charge is 2.19. The SMILES string of the molecule is Cc1ccc(CN2CCC(Cl)C2)cc1C. The van der Waals surface area contributed by atoms with Gasteiger partial charge >= 0.3 is 0 Å². The van der Waals surface area contributed by atoms with Gasteiger partial charge in [-0.15, -0.1) is 11.6 Å². The summed E-state index contributed by atoms with van der Waals surface area (Å²) < 4.78 is 0. The second-order valence-corrected chi connectivity index (χ2v) is 5.16. The van der Waals surface area contributed by atoms with E-state index in [4.69, 9.17) is 11.6 Å². The first kappa shape index (κ1) is 11.0. The molecule has 1 aliphatic rings. The molecule has 82 valence electrons. The molecule has 0 saturated carbocycles. The molecule has 0 radical (unpaired) electrons. The van der Waals surface area contributed by atoms with Crippen LogP contribution in [0.15, 0.2) is 18.2 Å². The molecule has 1 saturated heterocycles. The van der Waals surface area contributed by atoms with E-state index in [2.05, 4.69) is 36.9 Å². The molecule has 1 nitrogen and oxygen atoms in total. The van der Waals surface area contributed by atoms with Gasteiger partial charge in [-0.1, -0.05) is 18.2 Å². The molecule has 0 spiro atoms. The molecule has 1 atom stereocenters. The highest BCUT2D eigenvalue weighted by atomic mass is 35.5. The van der Waals surface area contributed by atoms with Crippen molar-refractivity contribution in [3.63, 3.8) is 0 Å². The molecule has 0 bridgehead atoms. The molecule has 1 aromatic rings. The number of hydrogen-bond acceptors (Lipinski definition) is 1. The van der Waals surface area contributed by atoms with E-state index in [1.165, 1.54) is 16.7 Å². The van der Waals surface area contributed by atoms with E-state index in [1.807, 2.05) is 0 Å². The third-order valence-electron chi connectivity index (χ3n) is 3.19. The van der Waals surface area contributed by atoms with Crippen LogP contribution in [0.2, 0.25) is 0 Å². The van der Waals surface area contributed by atoms with Crippen molar-refractivity contribution in [2.75, 3.05) is 13.1 Å². The van der Waals surface area contributed by atoms with E-state index in [1.54, 1.807) is 0 Å². The van der Waals surface area contributed by atoms with E-state index in [9.17, 15) is 0 Å². The Labute approximate surface area is 97.0 Å². The van der Waals surface area contributed by atoms with Crippen molar-refractivity contribution in [3.05, 3.63) is 34.9 Å². The highest BCUT2D eigenvalue weighted by Crippen LogP contribution is 2.18. The van der Waals surface area contributed by atoms with Crippen molar-refractivity contribution in [2.45, 2.75) is 32.2 Å². The van der Waals surface area contributed by atoms with Crippen LogP contribution in [0.5, 0.6) is 0 Å². The zero-order chi connectivity index (χ0) is 10.8. The highest BCUT2D eigenvalue weighted by molar-refractivity contribution is 6.20. The smallest absolute Gasteiger partial charge is 0.0475 e. The maximum absolute atomic E-state index is 6.09. The van der Waals surface area contributed by atoms with Crippen molar-refractivity contribution in [1.29, 1.82) is 0 Å². The largest absolute Gasteiger partial charge is 0.298 e. The van der Waals surface area contributed by atoms with Crippen LogP contribution < -0.4 is 0 Å². The Bertz CT molecular complexity index is 348. The summed E-state index contributed by atoms with van der Waals surface area (Å²) in [5.74, 6) is 0. The summed E-state index contributed by atoms with van der Waals surface area (Å²) in [4.78, 5) is 2.43. The average molecular weight is 224 g/mol. The number of likely N-dealkylation sites (tertiary alicyclic amines) is 1. The summed E-state index contributed by atoms with van der Waals surface area (Å²) in [5, 5.41) is 0.358. The molecule has 2 rings (SSSR count). The lowest BCUT2D eigenvalue weighted by atomic mass is 10.1. The van der Waals surface area contributed by atoms with Gasteiger partial charge in [-0.05, 0) is 43.5 Å². The average Bonchev–Trinajstić information content (AvgIpc) is 2.58. The van der Waals surface area contributed by atoms with Crippen molar-refractivity contribution in [3.8, 4) is 0 Å². The van der Waals surface area contributed by atoms with Crippen LogP contribution in [-0.4, -0.2) is 23.4 Å². The maximum atomic E-state index is 6.09. The topological polar surface area (TPSA) is 3.24 Å². The van der Waals surface area contributed by atoms with E-state index < -0.39 is 0 Å². The number of halogens is 1. The minimum atomic E-state index is 0.358. The Morgan fingerprint density at radius 3 is 2.73 bits per heavy atom. The number of aryl methyl sites for hydroxylation is 2.